The number of anilines is 1. The summed E-state index contributed by atoms with van der Waals surface area (Å²) in [6.45, 7) is 9.86. The predicted octanol–water partition coefficient (Wildman–Crippen LogP) is 2.68. The molecule has 4 nitrogen and oxygen atoms in total. The van der Waals surface area contributed by atoms with Crippen LogP contribution < -0.4 is 10.6 Å². The second kappa shape index (κ2) is 6.38. The summed E-state index contributed by atoms with van der Waals surface area (Å²) in [5.74, 6) is -0.0726. The van der Waals surface area contributed by atoms with E-state index < -0.39 is 0 Å². The Morgan fingerprint density at radius 3 is 2.72 bits per heavy atom. The highest BCUT2D eigenvalue weighted by atomic mass is 16.1. The maximum Gasteiger partial charge on any atom is 0.254 e. The number of aromatic nitrogens is 1. The minimum absolute atomic E-state index is 0.0726. The van der Waals surface area contributed by atoms with Crippen LogP contribution in [0.25, 0.3) is 0 Å². The number of carbonyl (C=O) groups is 1. The molecule has 0 radical (unpaired) electrons. The lowest BCUT2D eigenvalue weighted by Crippen LogP contribution is -2.32. The van der Waals surface area contributed by atoms with E-state index in [1.165, 1.54) is 0 Å². The second-order valence-corrected chi connectivity index (χ2v) is 5.59. The molecule has 0 aromatic carbocycles. The molecule has 0 bridgehead atoms. The normalized spacial score (nSPS) is 11.1. The summed E-state index contributed by atoms with van der Waals surface area (Å²) in [6.07, 6.45) is 4.32. The first-order chi connectivity index (χ1) is 8.44. The van der Waals surface area contributed by atoms with Crippen LogP contribution in [0.4, 0.5) is 5.69 Å². The molecule has 1 aromatic rings. The van der Waals surface area contributed by atoms with Gasteiger partial charge in [-0.15, -0.1) is 0 Å². The molecule has 0 fully saturated rings. The summed E-state index contributed by atoms with van der Waals surface area (Å²) < 4.78 is 0. The topological polar surface area (TPSA) is 54.0 Å². The molecule has 0 saturated heterocycles. The molecular weight excluding hydrogens is 226 g/mol. The summed E-state index contributed by atoms with van der Waals surface area (Å²) in [5.41, 5.74) is 1.53. The van der Waals surface area contributed by atoms with Gasteiger partial charge in [-0.3, -0.25) is 9.78 Å². The van der Waals surface area contributed by atoms with Crippen LogP contribution in [0.5, 0.6) is 0 Å². The van der Waals surface area contributed by atoms with Crippen LogP contribution in [0.2, 0.25) is 0 Å². The van der Waals surface area contributed by atoms with Crippen LogP contribution in [0.1, 0.15) is 44.5 Å². The van der Waals surface area contributed by atoms with E-state index in [0.717, 1.165) is 18.7 Å². The first-order valence-electron chi connectivity index (χ1n) is 6.40. The highest BCUT2D eigenvalue weighted by Crippen LogP contribution is 2.15. The van der Waals surface area contributed by atoms with Crippen molar-refractivity contribution in [2.75, 3.05) is 18.4 Å². The molecule has 4 heteroatoms. The first-order valence-corrected chi connectivity index (χ1v) is 6.40. The summed E-state index contributed by atoms with van der Waals surface area (Å²) >= 11 is 0. The Bertz CT molecular complexity index is 396. The summed E-state index contributed by atoms with van der Waals surface area (Å²) in [7, 11) is 0. The maximum atomic E-state index is 12.1. The fraction of sp³-hybridized carbons (Fsp3) is 0.571. The third-order valence-corrected chi connectivity index (χ3v) is 2.41. The van der Waals surface area contributed by atoms with Crippen LogP contribution in [0.15, 0.2) is 18.5 Å². The quantitative estimate of drug-likeness (QED) is 0.843. The van der Waals surface area contributed by atoms with Gasteiger partial charge >= 0.3 is 0 Å². The van der Waals surface area contributed by atoms with Crippen molar-refractivity contribution in [3.63, 3.8) is 0 Å². The molecule has 100 valence electrons. The average Bonchev–Trinajstić information content (AvgIpc) is 2.33. The van der Waals surface area contributed by atoms with Crippen LogP contribution >= 0.6 is 0 Å². The number of amides is 1. The predicted molar refractivity (Wildman–Crippen MR) is 74.8 cm³/mol. The Kier molecular flexibility index (Phi) is 5.13. The van der Waals surface area contributed by atoms with E-state index in [4.69, 9.17) is 0 Å². The standard InChI is InChI=1S/C14H23N3O/c1-5-7-16-12-6-8-15-9-11(12)13(18)17-10-14(2,3)4/h6,8-9H,5,7,10H2,1-4H3,(H,15,16)(H,17,18). The van der Waals surface area contributed by atoms with Gasteiger partial charge in [0.05, 0.1) is 11.3 Å². The Balaban J connectivity index is 2.72. The van der Waals surface area contributed by atoms with Gasteiger partial charge in [-0.25, -0.2) is 0 Å². The molecule has 1 heterocycles. The second-order valence-electron chi connectivity index (χ2n) is 5.59. The number of rotatable bonds is 5. The van der Waals surface area contributed by atoms with Gasteiger partial charge in [0.25, 0.3) is 5.91 Å². The van der Waals surface area contributed by atoms with E-state index in [1.807, 2.05) is 6.07 Å². The van der Waals surface area contributed by atoms with Gasteiger partial charge in [0, 0.05) is 25.5 Å². The number of nitrogens with zero attached hydrogens (tertiary/aromatic N) is 1. The van der Waals surface area contributed by atoms with Crippen LogP contribution in [0, 0.1) is 5.41 Å². The van der Waals surface area contributed by atoms with E-state index >= 15 is 0 Å². The lowest BCUT2D eigenvalue weighted by atomic mass is 9.97. The third-order valence-electron chi connectivity index (χ3n) is 2.41. The molecule has 0 atom stereocenters. The lowest BCUT2D eigenvalue weighted by molar-refractivity contribution is 0.0940. The lowest BCUT2D eigenvalue weighted by Gasteiger charge is -2.19. The molecule has 0 spiro atoms. The van der Waals surface area contributed by atoms with Gasteiger partial charge in [-0.05, 0) is 17.9 Å². The molecule has 1 rings (SSSR count). The van der Waals surface area contributed by atoms with Gasteiger partial charge in [-0.2, -0.15) is 0 Å². The molecule has 0 unspecified atom stereocenters. The monoisotopic (exact) mass is 249 g/mol. The van der Waals surface area contributed by atoms with Gasteiger partial charge in [0.15, 0.2) is 0 Å². The van der Waals surface area contributed by atoms with E-state index in [1.54, 1.807) is 12.4 Å². The molecule has 1 amide bonds. The van der Waals surface area contributed by atoms with Crippen molar-refractivity contribution in [2.45, 2.75) is 34.1 Å². The largest absolute Gasteiger partial charge is 0.384 e. The van der Waals surface area contributed by atoms with E-state index in [9.17, 15) is 4.79 Å². The third kappa shape index (κ3) is 4.73. The Labute approximate surface area is 109 Å². The average molecular weight is 249 g/mol. The fourth-order valence-electron chi connectivity index (χ4n) is 1.43. The van der Waals surface area contributed by atoms with Crippen molar-refractivity contribution < 1.29 is 4.79 Å². The van der Waals surface area contributed by atoms with Crippen molar-refractivity contribution >= 4 is 11.6 Å². The number of carbonyl (C=O) groups excluding carboxylic acids is 1. The summed E-state index contributed by atoms with van der Waals surface area (Å²) in [6, 6.07) is 1.83. The van der Waals surface area contributed by atoms with Gasteiger partial charge in [-0.1, -0.05) is 27.7 Å². The summed E-state index contributed by atoms with van der Waals surface area (Å²) in [4.78, 5) is 16.1. The smallest absolute Gasteiger partial charge is 0.254 e. The first kappa shape index (κ1) is 14.5. The van der Waals surface area contributed by atoms with Crippen molar-refractivity contribution in [1.29, 1.82) is 0 Å². The molecule has 1 aromatic heterocycles. The summed E-state index contributed by atoms with van der Waals surface area (Å²) in [5, 5.41) is 6.18. The van der Waals surface area contributed by atoms with Crippen molar-refractivity contribution in [3.8, 4) is 0 Å². The maximum absolute atomic E-state index is 12.1. The zero-order valence-corrected chi connectivity index (χ0v) is 11.7. The molecular formula is C14H23N3O. The highest BCUT2D eigenvalue weighted by molar-refractivity contribution is 5.99. The van der Waals surface area contributed by atoms with Crippen LogP contribution in [-0.4, -0.2) is 24.0 Å². The minimum atomic E-state index is -0.0726. The Morgan fingerprint density at radius 1 is 1.39 bits per heavy atom. The fourth-order valence-corrected chi connectivity index (χ4v) is 1.43. The minimum Gasteiger partial charge on any atom is -0.384 e. The molecule has 18 heavy (non-hydrogen) atoms. The Hall–Kier alpha value is -1.58. The molecule has 0 aliphatic rings. The highest BCUT2D eigenvalue weighted by Gasteiger charge is 2.15. The molecule has 0 aliphatic carbocycles. The number of hydrogen-bond acceptors (Lipinski definition) is 3. The van der Waals surface area contributed by atoms with E-state index in [2.05, 4.69) is 43.3 Å². The van der Waals surface area contributed by atoms with Crippen molar-refractivity contribution in [3.05, 3.63) is 24.0 Å². The van der Waals surface area contributed by atoms with Crippen LogP contribution in [0.3, 0.4) is 0 Å². The zero-order valence-electron chi connectivity index (χ0n) is 11.7. The van der Waals surface area contributed by atoms with Crippen LogP contribution in [-0.2, 0) is 0 Å². The Morgan fingerprint density at radius 2 is 2.11 bits per heavy atom. The van der Waals surface area contributed by atoms with Crippen molar-refractivity contribution in [1.82, 2.24) is 10.3 Å². The molecule has 0 aliphatic heterocycles. The number of hydrogen-bond donors (Lipinski definition) is 2. The number of pyridine rings is 1. The van der Waals surface area contributed by atoms with Gasteiger partial charge in [0.2, 0.25) is 0 Å². The zero-order chi connectivity index (χ0) is 13.6. The van der Waals surface area contributed by atoms with E-state index in [0.29, 0.717) is 12.1 Å². The molecule has 0 saturated carbocycles. The van der Waals surface area contributed by atoms with Gasteiger partial charge < -0.3 is 10.6 Å². The van der Waals surface area contributed by atoms with Gasteiger partial charge in [0.1, 0.15) is 0 Å². The van der Waals surface area contributed by atoms with Crippen molar-refractivity contribution in [2.24, 2.45) is 5.41 Å². The SMILES string of the molecule is CCCNc1ccncc1C(=O)NCC(C)(C)C. The van der Waals surface area contributed by atoms with E-state index in [-0.39, 0.29) is 11.3 Å². The number of nitrogens with one attached hydrogen (secondary N) is 2. The molecule has 2 N–H and O–H groups in total.